The van der Waals surface area contributed by atoms with Crippen molar-refractivity contribution in [1.29, 1.82) is 5.26 Å². The maximum absolute atomic E-state index is 12.5. The highest BCUT2D eigenvalue weighted by atomic mass is 32.1. The number of nitrogens with zero attached hydrogens (tertiary/aromatic N) is 3. The lowest BCUT2D eigenvalue weighted by atomic mass is 10.1. The monoisotopic (exact) mass is 413 g/mol. The van der Waals surface area contributed by atoms with Gasteiger partial charge in [-0.05, 0) is 11.1 Å². The Morgan fingerprint density at radius 1 is 1.13 bits per heavy atom. The predicted molar refractivity (Wildman–Crippen MR) is 118 cm³/mol. The van der Waals surface area contributed by atoms with Crippen LogP contribution in [0.3, 0.4) is 0 Å². The summed E-state index contributed by atoms with van der Waals surface area (Å²) in [5.41, 5.74) is 4.32. The van der Waals surface area contributed by atoms with Gasteiger partial charge in [0.05, 0.1) is 12.0 Å². The number of aryl methyl sites for hydroxylation is 1. The van der Waals surface area contributed by atoms with Gasteiger partial charge in [0, 0.05) is 19.5 Å². The van der Waals surface area contributed by atoms with Crippen molar-refractivity contribution in [2.24, 2.45) is 0 Å². The summed E-state index contributed by atoms with van der Waals surface area (Å²) in [4.78, 5) is 19.8. The van der Waals surface area contributed by atoms with E-state index in [-0.39, 0.29) is 12.3 Å². The van der Waals surface area contributed by atoms with E-state index in [1.54, 1.807) is 0 Å². The second-order valence-corrected chi connectivity index (χ2v) is 7.20. The van der Waals surface area contributed by atoms with Crippen LogP contribution in [0.1, 0.15) is 17.5 Å². The van der Waals surface area contributed by atoms with Crippen molar-refractivity contribution in [3.05, 3.63) is 82.8 Å². The minimum absolute atomic E-state index is 0.0722. The second-order valence-electron chi connectivity index (χ2n) is 6.79. The van der Waals surface area contributed by atoms with Gasteiger partial charge in [-0.25, -0.2) is 4.98 Å². The molecule has 0 atom stereocenters. The van der Waals surface area contributed by atoms with Gasteiger partial charge in [0.1, 0.15) is 27.3 Å². The lowest BCUT2D eigenvalue weighted by Gasteiger charge is -2.11. The molecule has 4 aromatic rings. The number of hydrogen-bond donors (Lipinski definition) is 2. The third-order valence-electron chi connectivity index (χ3n) is 4.90. The molecule has 7 heteroatoms. The van der Waals surface area contributed by atoms with Gasteiger partial charge in [-0.15, -0.1) is 0 Å². The molecule has 0 radical (unpaired) electrons. The molecule has 0 aliphatic carbocycles. The van der Waals surface area contributed by atoms with Crippen LogP contribution in [0.2, 0.25) is 0 Å². The number of hydrogen-bond acceptors (Lipinski definition) is 4. The number of rotatable bonds is 6. The lowest BCUT2D eigenvalue weighted by Crippen LogP contribution is -2.24. The lowest BCUT2D eigenvalue weighted by molar-refractivity contribution is -0.121. The summed E-state index contributed by atoms with van der Waals surface area (Å²) >= 11 is 5.48. The molecule has 2 N–H and O–H groups in total. The molecule has 6 nitrogen and oxygen atoms in total. The molecule has 148 valence electrons. The highest BCUT2D eigenvalue weighted by Gasteiger charge is 2.21. The SMILES string of the molecule is N#Cc1c(-c2ccccc2)n(CCC(=O)NCc2ccccc2)c2c(=S)[nH]cnc12. The first-order valence-electron chi connectivity index (χ1n) is 9.55. The number of H-pyrrole nitrogens is 1. The number of carbonyl (C=O) groups excluding carboxylic acids is 1. The van der Waals surface area contributed by atoms with E-state index >= 15 is 0 Å². The van der Waals surface area contributed by atoms with Gasteiger partial charge >= 0.3 is 0 Å². The first-order chi connectivity index (χ1) is 14.7. The van der Waals surface area contributed by atoms with Crippen LogP contribution in [0, 0.1) is 16.0 Å². The van der Waals surface area contributed by atoms with Gasteiger partial charge in [-0.3, -0.25) is 4.79 Å². The summed E-state index contributed by atoms with van der Waals surface area (Å²) in [6, 6.07) is 21.7. The number of aromatic nitrogens is 3. The standard InChI is InChI=1S/C23H19N5OS/c24-13-18-20-22(23(30)27-15-26-20)28(21(18)17-9-5-2-6-10-17)12-11-19(29)25-14-16-7-3-1-4-8-16/h1-10,15H,11-12,14H2,(H,25,29)(H,26,27,30). The van der Waals surface area contributed by atoms with Crippen molar-refractivity contribution >= 4 is 29.2 Å². The van der Waals surface area contributed by atoms with E-state index in [1.165, 1.54) is 6.33 Å². The topological polar surface area (TPSA) is 86.5 Å². The van der Waals surface area contributed by atoms with Crippen molar-refractivity contribution in [1.82, 2.24) is 19.9 Å². The Hall–Kier alpha value is -3.76. The molecule has 0 saturated heterocycles. The van der Waals surface area contributed by atoms with Crippen molar-refractivity contribution in [3.8, 4) is 17.3 Å². The van der Waals surface area contributed by atoms with Crippen LogP contribution in [0.5, 0.6) is 0 Å². The van der Waals surface area contributed by atoms with E-state index in [0.29, 0.717) is 34.3 Å². The Morgan fingerprint density at radius 3 is 2.53 bits per heavy atom. The molecular weight excluding hydrogens is 394 g/mol. The highest BCUT2D eigenvalue weighted by molar-refractivity contribution is 7.71. The van der Waals surface area contributed by atoms with Crippen molar-refractivity contribution in [2.75, 3.05) is 0 Å². The minimum atomic E-state index is -0.0722. The summed E-state index contributed by atoms with van der Waals surface area (Å²) in [7, 11) is 0. The highest BCUT2D eigenvalue weighted by Crippen LogP contribution is 2.32. The van der Waals surface area contributed by atoms with Gasteiger partial charge in [-0.1, -0.05) is 72.9 Å². The first-order valence-corrected chi connectivity index (χ1v) is 9.96. The Kier molecular flexibility index (Phi) is 5.68. The number of amides is 1. The molecule has 2 aromatic carbocycles. The summed E-state index contributed by atoms with van der Waals surface area (Å²) in [6.45, 7) is 0.856. The van der Waals surface area contributed by atoms with E-state index in [4.69, 9.17) is 12.2 Å². The third-order valence-corrected chi connectivity index (χ3v) is 5.21. The molecular formula is C23H19N5OS. The minimum Gasteiger partial charge on any atom is -0.352 e. The summed E-state index contributed by atoms with van der Waals surface area (Å²) < 4.78 is 2.42. The largest absolute Gasteiger partial charge is 0.352 e. The number of benzene rings is 2. The second kappa shape index (κ2) is 8.72. The summed E-state index contributed by atoms with van der Waals surface area (Å²) in [5.74, 6) is -0.0722. The molecule has 0 bridgehead atoms. The quantitative estimate of drug-likeness (QED) is 0.461. The molecule has 1 amide bonds. The maximum atomic E-state index is 12.5. The zero-order valence-electron chi connectivity index (χ0n) is 16.1. The van der Waals surface area contributed by atoms with Gasteiger partial charge in [0.15, 0.2) is 0 Å². The van der Waals surface area contributed by atoms with Crippen LogP contribution in [0.15, 0.2) is 67.0 Å². The molecule has 0 aliphatic rings. The fourth-order valence-electron chi connectivity index (χ4n) is 3.51. The van der Waals surface area contributed by atoms with E-state index < -0.39 is 0 Å². The zero-order chi connectivity index (χ0) is 20.9. The molecule has 0 unspecified atom stereocenters. The number of nitrogens with one attached hydrogen (secondary N) is 2. The van der Waals surface area contributed by atoms with Crippen LogP contribution < -0.4 is 5.32 Å². The molecule has 2 aromatic heterocycles. The van der Waals surface area contributed by atoms with Gasteiger partial charge in [-0.2, -0.15) is 5.26 Å². The molecule has 0 aliphatic heterocycles. The Morgan fingerprint density at radius 2 is 1.83 bits per heavy atom. The van der Waals surface area contributed by atoms with Crippen molar-refractivity contribution in [3.63, 3.8) is 0 Å². The number of nitriles is 1. The van der Waals surface area contributed by atoms with Crippen LogP contribution in [-0.2, 0) is 17.9 Å². The van der Waals surface area contributed by atoms with Crippen molar-refractivity contribution < 1.29 is 4.79 Å². The smallest absolute Gasteiger partial charge is 0.222 e. The van der Waals surface area contributed by atoms with Gasteiger partial charge < -0.3 is 14.9 Å². The Bertz CT molecular complexity index is 1290. The molecule has 4 rings (SSSR count). The number of fused-ring (bicyclic) bond motifs is 1. The van der Waals surface area contributed by atoms with E-state index in [2.05, 4.69) is 21.4 Å². The zero-order valence-corrected chi connectivity index (χ0v) is 16.9. The van der Waals surface area contributed by atoms with Crippen LogP contribution in [0.25, 0.3) is 22.3 Å². The summed E-state index contributed by atoms with van der Waals surface area (Å²) in [5, 5.41) is 12.8. The normalized spacial score (nSPS) is 10.6. The fourth-order valence-corrected chi connectivity index (χ4v) is 3.77. The van der Waals surface area contributed by atoms with E-state index in [9.17, 15) is 10.1 Å². The summed E-state index contributed by atoms with van der Waals surface area (Å²) in [6.07, 6.45) is 1.75. The van der Waals surface area contributed by atoms with Crippen LogP contribution in [0.4, 0.5) is 0 Å². The Balaban J connectivity index is 1.67. The first kappa shape index (κ1) is 19.6. The van der Waals surface area contributed by atoms with Gasteiger partial charge in [0.25, 0.3) is 0 Å². The molecule has 0 fully saturated rings. The number of aromatic amines is 1. The maximum Gasteiger partial charge on any atom is 0.222 e. The van der Waals surface area contributed by atoms with Gasteiger partial charge in [0.2, 0.25) is 5.91 Å². The van der Waals surface area contributed by atoms with E-state index in [1.807, 2.05) is 65.2 Å². The molecule has 0 spiro atoms. The van der Waals surface area contributed by atoms with Crippen LogP contribution >= 0.6 is 12.2 Å². The predicted octanol–water partition coefficient (Wildman–Crippen LogP) is 4.34. The van der Waals surface area contributed by atoms with Crippen molar-refractivity contribution in [2.45, 2.75) is 19.5 Å². The fraction of sp³-hybridized carbons (Fsp3) is 0.130. The van der Waals surface area contributed by atoms with Crippen LogP contribution in [-0.4, -0.2) is 20.4 Å². The average molecular weight is 414 g/mol. The molecule has 30 heavy (non-hydrogen) atoms. The molecule has 2 heterocycles. The average Bonchev–Trinajstić information content (AvgIpc) is 3.12. The van der Waals surface area contributed by atoms with E-state index in [0.717, 1.165) is 16.8 Å². The molecule has 0 saturated carbocycles. The number of carbonyl (C=O) groups is 1. The Labute approximate surface area is 178 Å². The third kappa shape index (κ3) is 3.86.